The molecule has 0 radical (unpaired) electrons. The Morgan fingerprint density at radius 3 is 1.06 bits per heavy atom. The first-order valence-electron chi connectivity index (χ1n) is 27.3. The molecule has 0 aliphatic carbocycles. The second kappa shape index (κ2) is 17.5. The van der Waals surface area contributed by atoms with E-state index in [9.17, 15) is 0 Å². The Hall–Kier alpha value is -9.52. The van der Waals surface area contributed by atoms with Crippen LogP contribution in [0.25, 0.3) is 55.0 Å². The van der Waals surface area contributed by atoms with E-state index in [4.69, 9.17) is 0 Å². The van der Waals surface area contributed by atoms with Crippen LogP contribution in [0, 0.1) is 41.5 Å². The molecule has 0 spiro atoms. The van der Waals surface area contributed by atoms with Gasteiger partial charge >= 0.3 is 0 Å². The fraction of sp³-hybridized carbons (Fsp3) is 0.0833. The second-order valence-corrected chi connectivity index (χ2v) is 21.7. The zero-order valence-electron chi connectivity index (χ0n) is 44.8. The lowest BCUT2D eigenvalue weighted by Gasteiger charge is -2.46. The quantitative estimate of drug-likeness (QED) is 0.148. The van der Waals surface area contributed by atoms with Gasteiger partial charge in [0.1, 0.15) is 0 Å². The molecule has 0 bridgehead atoms. The van der Waals surface area contributed by atoms with Gasteiger partial charge in [-0.3, -0.25) is 0 Å². The molecule has 0 saturated carbocycles. The predicted molar refractivity (Wildman–Crippen MR) is 332 cm³/mol. The SMILES string of the molecule is Cc1cc(C)c(N2c3cc4c(cc3B3c5cc6c7ccccc7n(-c7ccccc7)c6cc5N(c5c(C)cc(C)cc5C)c5cc(N(c6ccccc6)c6ccccc6)cc2c53)c2ccccc2n4-c2ccccc2)c(C)c1. The molecule has 0 saturated heterocycles. The summed E-state index contributed by atoms with van der Waals surface area (Å²) in [6, 6.07) is 86.2. The molecule has 15 rings (SSSR count). The summed E-state index contributed by atoms with van der Waals surface area (Å²) in [5, 5.41) is 4.95. The Labute approximate surface area is 456 Å². The lowest BCUT2D eigenvalue weighted by Crippen LogP contribution is -2.61. The number of aryl methyl sites for hydroxylation is 6. The third-order valence-corrected chi connectivity index (χ3v) is 16.7. The van der Waals surface area contributed by atoms with Crippen LogP contribution in [0.4, 0.5) is 51.2 Å². The molecule has 5 nitrogen and oxygen atoms in total. The minimum absolute atomic E-state index is 0.160. The summed E-state index contributed by atoms with van der Waals surface area (Å²) in [6.07, 6.45) is 0. The topological polar surface area (TPSA) is 19.6 Å². The van der Waals surface area contributed by atoms with Gasteiger partial charge in [-0.1, -0.05) is 157 Å². The monoisotopic (exact) mass is 1000 g/mol. The van der Waals surface area contributed by atoms with Crippen LogP contribution in [0.1, 0.15) is 33.4 Å². The largest absolute Gasteiger partial charge is 0.311 e. The number of nitrogens with zero attached hydrogens (tertiary/aromatic N) is 5. The van der Waals surface area contributed by atoms with Gasteiger partial charge in [0, 0.05) is 67.0 Å². The van der Waals surface area contributed by atoms with E-state index in [2.05, 4.69) is 296 Å². The van der Waals surface area contributed by atoms with E-state index in [-0.39, 0.29) is 6.71 Å². The van der Waals surface area contributed by atoms with Crippen molar-refractivity contribution in [1.82, 2.24) is 9.13 Å². The highest BCUT2D eigenvalue weighted by atomic mass is 15.2. The summed E-state index contributed by atoms with van der Waals surface area (Å²) >= 11 is 0. The highest BCUT2D eigenvalue weighted by molar-refractivity contribution is 7.00. The van der Waals surface area contributed by atoms with Gasteiger partial charge in [0.2, 0.25) is 0 Å². The van der Waals surface area contributed by atoms with Crippen molar-refractivity contribution in [2.75, 3.05) is 14.7 Å². The first-order chi connectivity index (χ1) is 38.2. The first-order valence-corrected chi connectivity index (χ1v) is 27.3. The average molecular weight is 1000 g/mol. The number of fused-ring (bicyclic) bond motifs is 10. The normalized spacial score (nSPS) is 12.7. The number of para-hydroxylation sites is 6. The molecule has 2 aliphatic heterocycles. The fourth-order valence-electron chi connectivity index (χ4n) is 13.9. The number of benzene rings is 11. The summed E-state index contributed by atoms with van der Waals surface area (Å²) in [5.41, 5.74) is 28.6. The summed E-state index contributed by atoms with van der Waals surface area (Å²) in [6.45, 7) is 13.5. The van der Waals surface area contributed by atoms with Crippen LogP contribution >= 0.6 is 0 Å². The van der Waals surface area contributed by atoms with E-state index in [1.54, 1.807) is 0 Å². The molecule has 0 amide bonds. The molecule has 0 fully saturated rings. The van der Waals surface area contributed by atoms with Gasteiger partial charge in [-0.15, -0.1) is 0 Å². The van der Waals surface area contributed by atoms with Crippen LogP contribution in [-0.2, 0) is 0 Å². The maximum Gasteiger partial charge on any atom is 0.252 e. The minimum atomic E-state index is -0.160. The molecular formula is C72H56BN5. The van der Waals surface area contributed by atoms with E-state index in [1.165, 1.54) is 128 Å². The van der Waals surface area contributed by atoms with E-state index >= 15 is 0 Å². The predicted octanol–water partition coefficient (Wildman–Crippen LogP) is 17.3. The van der Waals surface area contributed by atoms with Gasteiger partial charge in [-0.25, -0.2) is 0 Å². The van der Waals surface area contributed by atoms with Crippen molar-refractivity contribution in [1.29, 1.82) is 0 Å². The van der Waals surface area contributed by atoms with Crippen LogP contribution in [0.3, 0.4) is 0 Å². The van der Waals surface area contributed by atoms with Crippen molar-refractivity contribution in [2.24, 2.45) is 0 Å². The van der Waals surface area contributed by atoms with Crippen molar-refractivity contribution in [3.8, 4) is 11.4 Å². The zero-order chi connectivity index (χ0) is 52.5. The summed E-state index contributed by atoms with van der Waals surface area (Å²) in [7, 11) is 0. The molecule has 372 valence electrons. The molecule has 11 aromatic carbocycles. The van der Waals surface area contributed by atoms with Crippen LogP contribution in [0.2, 0.25) is 0 Å². The summed E-state index contributed by atoms with van der Waals surface area (Å²) in [4.78, 5) is 7.75. The Balaban J connectivity index is 1.16. The number of hydrogen-bond acceptors (Lipinski definition) is 3. The molecule has 2 aromatic heterocycles. The van der Waals surface area contributed by atoms with Crippen molar-refractivity contribution < 1.29 is 0 Å². The number of rotatable bonds is 7. The molecule has 0 N–H and O–H groups in total. The molecule has 0 atom stereocenters. The second-order valence-electron chi connectivity index (χ2n) is 21.7. The Bertz CT molecular complexity index is 4240. The number of aromatic nitrogens is 2. The lowest BCUT2D eigenvalue weighted by molar-refractivity contribution is 1.16. The molecule has 4 heterocycles. The highest BCUT2D eigenvalue weighted by Gasteiger charge is 2.46. The van der Waals surface area contributed by atoms with Crippen LogP contribution in [0.15, 0.2) is 231 Å². The summed E-state index contributed by atoms with van der Waals surface area (Å²) < 4.78 is 4.95. The number of anilines is 9. The van der Waals surface area contributed by atoms with Gasteiger partial charge in [0.15, 0.2) is 0 Å². The standard InChI is InChI=1S/C72H56BN5/c1-45-35-47(3)71(48(4)36-45)77-66-43-64-58(56-31-19-21-33-62(56)75(64)53-27-15-9-16-28-53)41-60(66)73-61-42-59-57-32-20-22-34-63(57)76(54-29-17-10-18-30-54)65(59)44-67(61)78(72-49(5)37-46(2)38-50(72)6)69-40-55(39-68(77)70(69)73)74(51-23-11-7-12-24-51)52-25-13-8-14-26-52/h7-44H,1-6H3. The van der Waals surface area contributed by atoms with E-state index < -0.39 is 0 Å². The van der Waals surface area contributed by atoms with Gasteiger partial charge in [-0.2, -0.15) is 0 Å². The lowest BCUT2D eigenvalue weighted by atomic mass is 9.33. The molecule has 0 unspecified atom stereocenters. The third-order valence-electron chi connectivity index (χ3n) is 16.7. The van der Waals surface area contributed by atoms with Gasteiger partial charge in [0.05, 0.1) is 39.1 Å². The Morgan fingerprint density at radius 2 is 0.667 bits per heavy atom. The van der Waals surface area contributed by atoms with Crippen LogP contribution in [-0.4, -0.2) is 15.8 Å². The van der Waals surface area contributed by atoms with Crippen LogP contribution in [0.5, 0.6) is 0 Å². The molecule has 6 heteroatoms. The smallest absolute Gasteiger partial charge is 0.252 e. The van der Waals surface area contributed by atoms with Gasteiger partial charge in [0.25, 0.3) is 6.71 Å². The average Bonchev–Trinajstić information content (AvgIpc) is 4.04. The van der Waals surface area contributed by atoms with Crippen molar-refractivity contribution >= 4 is 118 Å². The molecule has 78 heavy (non-hydrogen) atoms. The first kappa shape index (κ1) is 45.8. The molecule has 2 aliphatic rings. The maximum absolute atomic E-state index is 2.65. The van der Waals surface area contributed by atoms with Crippen molar-refractivity contribution in [3.05, 3.63) is 264 Å². The fourth-order valence-corrected chi connectivity index (χ4v) is 13.9. The minimum Gasteiger partial charge on any atom is -0.311 e. The molecule has 13 aromatic rings. The van der Waals surface area contributed by atoms with E-state index in [1.807, 2.05) is 0 Å². The molecular weight excluding hydrogens is 946 g/mol. The summed E-state index contributed by atoms with van der Waals surface area (Å²) in [5.74, 6) is 0. The Morgan fingerprint density at radius 1 is 0.308 bits per heavy atom. The maximum atomic E-state index is 2.65. The van der Waals surface area contributed by atoms with Crippen molar-refractivity contribution in [2.45, 2.75) is 41.5 Å². The highest BCUT2D eigenvalue weighted by Crippen LogP contribution is 2.52. The van der Waals surface area contributed by atoms with Crippen LogP contribution < -0.4 is 31.1 Å². The zero-order valence-corrected chi connectivity index (χ0v) is 44.8. The van der Waals surface area contributed by atoms with Gasteiger partial charge < -0.3 is 23.8 Å². The Kier molecular flexibility index (Phi) is 10.3. The van der Waals surface area contributed by atoms with Crippen molar-refractivity contribution in [3.63, 3.8) is 0 Å². The number of hydrogen-bond donors (Lipinski definition) is 0. The van der Waals surface area contributed by atoms with E-state index in [0.717, 1.165) is 28.4 Å². The van der Waals surface area contributed by atoms with E-state index in [0.29, 0.717) is 0 Å². The van der Waals surface area contributed by atoms with Gasteiger partial charge in [-0.05, 0) is 165 Å². The third kappa shape index (κ3) is 6.82.